The molecule has 1 unspecified atom stereocenters. The summed E-state index contributed by atoms with van der Waals surface area (Å²) in [6.07, 6.45) is -0.248. The molecule has 0 aliphatic carbocycles. The van der Waals surface area contributed by atoms with E-state index in [1.54, 1.807) is 0 Å². The van der Waals surface area contributed by atoms with E-state index in [1.807, 2.05) is 37.3 Å². The fraction of sp³-hybridized carbons (Fsp3) is 0.333. The number of carbonyl (C=O) groups is 1. The summed E-state index contributed by atoms with van der Waals surface area (Å²) in [6.45, 7) is 2.34. The summed E-state index contributed by atoms with van der Waals surface area (Å²) in [5.74, 6) is 0. The van der Waals surface area contributed by atoms with Crippen molar-refractivity contribution in [2.45, 2.75) is 19.4 Å². The van der Waals surface area contributed by atoms with Gasteiger partial charge in [0.2, 0.25) is 6.10 Å². The largest absolute Gasteiger partial charge is 0.428 e. The normalized spacial score (nSPS) is 19.4. The Kier molecular flexibility index (Phi) is 2.78. The van der Waals surface area contributed by atoms with Crippen molar-refractivity contribution in [2.75, 3.05) is 11.4 Å². The first-order chi connectivity index (χ1) is 7.76. The lowest BCUT2D eigenvalue weighted by Gasteiger charge is -2.16. The average molecular weight is 216 g/mol. The Morgan fingerprint density at radius 1 is 1.56 bits per heavy atom. The molecule has 0 bridgehead atoms. The lowest BCUT2D eigenvalue weighted by molar-refractivity contribution is 0.162. The predicted molar refractivity (Wildman–Crippen MR) is 59.0 cm³/mol. The number of para-hydroxylation sites is 1. The summed E-state index contributed by atoms with van der Waals surface area (Å²) < 4.78 is 4.90. The number of hydrogen-bond donors (Lipinski definition) is 0. The second-order valence-electron chi connectivity index (χ2n) is 3.59. The average Bonchev–Trinajstić information content (AvgIpc) is 2.70. The van der Waals surface area contributed by atoms with E-state index in [0.29, 0.717) is 6.54 Å². The number of nitriles is 1. The van der Waals surface area contributed by atoms with Crippen molar-refractivity contribution in [2.24, 2.45) is 0 Å². The molecule has 0 aromatic heterocycles. The van der Waals surface area contributed by atoms with Gasteiger partial charge in [0.15, 0.2) is 0 Å². The van der Waals surface area contributed by atoms with Gasteiger partial charge in [0.05, 0.1) is 12.2 Å². The Hall–Kier alpha value is -2.02. The predicted octanol–water partition coefficient (Wildman–Crippen LogP) is 2.10. The zero-order chi connectivity index (χ0) is 11.5. The monoisotopic (exact) mass is 216 g/mol. The molecular formula is C12H12N2O2. The van der Waals surface area contributed by atoms with Crippen LogP contribution in [0.4, 0.5) is 10.5 Å². The van der Waals surface area contributed by atoms with E-state index < -0.39 is 12.2 Å². The number of carbonyl (C=O) groups excluding carboxylic acids is 1. The number of benzene rings is 1. The lowest BCUT2D eigenvalue weighted by atomic mass is 10.1. The van der Waals surface area contributed by atoms with E-state index in [-0.39, 0.29) is 0 Å². The van der Waals surface area contributed by atoms with E-state index in [0.717, 1.165) is 17.7 Å². The van der Waals surface area contributed by atoms with Gasteiger partial charge in [0.1, 0.15) is 6.07 Å². The van der Waals surface area contributed by atoms with Gasteiger partial charge < -0.3 is 4.74 Å². The second-order valence-corrected chi connectivity index (χ2v) is 3.59. The molecule has 0 radical (unpaired) electrons. The molecule has 1 saturated heterocycles. The van der Waals surface area contributed by atoms with Gasteiger partial charge in [-0.05, 0) is 18.1 Å². The number of anilines is 1. The number of ether oxygens (including phenoxy) is 1. The Balaban J connectivity index is 2.31. The van der Waals surface area contributed by atoms with Gasteiger partial charge in [-0.2, -0.15) is 5.26 Å². The topological polar surface area (TPSA) is 53.3 Å². The first-order valence-corrected chi connectivity index (χ1v) is 5.22. The molecule has 1 aromatic carbocycles. The van der Waals surface area contributed by atoms with Crippen LogP contribution < -0.4 is 4.90 Å². The molecule has 1 aliphatic heterocycles. The van der Waals surface area contributed by atoms with Crippen LogP contribution in [0.25, 0.3) is 0 Å². The van der Waals surface area contributed by atoms with Crippen molar-refractivity contribution in [3.8, 4) is 6.07 Å². The molecule has 4 nitrogen and oxygen atoms in total. The molecule has 1 aromatic rings. The summed E-state index contributed by atoms with van der Waals surface area (Å²) in [4.78, 5) is 13.1. The molecule has 1 fully saturated rings. The first kappa shape index (κ1) is 10.5. The van der Waals surface area contributed by atoms with Crippen LogP contribution >= 0.6 is 0 Å². The van der Waals surface area contributed by atoms with Crippen LogP contribution in [0.15, 0.2) is 24.3 Å². The van der Waals surface area contributed by atoms with Crippen molar-refractivity contribution >= 4 is 11.8 Å². The number of rotatable bonds is 2. The van der Waals surface area contributed by atoms with Crippen LogP contribution in [0.1, 0.15) is 12.5 Å². The van der Waals surface area contributed by atoms with E-state index in [2.05, 4.69) is 0 Å². The molecule has 0 N–H and O–H groups in total. The lowest BCUT2D eigenvalue weighted by Crippen LogP contribution is -2.25. The third-order valence-electron chi connectivity index (χ3n) is 2.62. The fourth-order valence-electron chi connectivity index (χ4n) is 1.80. The van der Waals surface area contributed by atoms with Crippen LogP contribution in [-0.4, -0.2) is 18.7 Å². The first-order valence-electron chi connectivity index (χ1n) is 5.22. The standard InChI is InChI=1S/C12H12N2O2/c1-2-9-5-3-4-6-11(9)14-8-10(7-13)16-12(14)15/h3-6,10H,2,8H2,1H3. The van der Waals surface area contributed by atoms with E-state index in [1.165, 1.54) is 4.90 Å². The van der Waals surface area contributed by atoms with Crippen LogP contribution in [-0.2, 0) is 11.2 Å². The van der Waals surface area contributed by atoms with Gasteiger partial charge >= 0.3 is 6.09 Å². The summed E-state index contributed by atoms with van der Waals surface area (Å²) in [7, 11) is 0. The molecular weight excluding hydrogens is 204 g/mol. The maximum absolute atomic E-state index is 11.6. The zero-order valence-corrected chi connectivity index (χ0v) is 9.01. The molecule has 1 aliphatic rings. The Morgan fingerprint density at radius 2 is 2.31 bits per heavy atom. The van der Waals surface area contributed by atoms with Gasteiger partial charge in [-0.25, -0.2) is 4.79 Å². The van der Waals surface area contributed by atoms with Crippen LogP contribution in [0.3, 0.4) is 0 Å². The minimum atomic E-state index is -0.655. The molecule has 0 saturated carbocycles. The quantitative estimate of drug-likeness (QED) is 0.760. The van der Waals surface area contributed by atoms with Crippen LogP contribution in [0.2, 0.25) is 0 Å². The van der Waals surface area contributed by atoms with Crippen molar-refractivity contribution in [1.82, 2.24) is 0 Å². The summed E-state index contributed by atoms with van der Waals surface area (Å²) >= 11 is 0. The van der Waals surface area contributed by atoms with Crippen molar-refractivity contribution in [1.29, 1.82) is 5.26 Å². The van der Waals surface area contributed by atoms with Crippen LogP contribution in [0.5, 0.6) is 0 Å². The third kappa shape index (κ3) is 1.72. The highest BCUT2D eigenvalue weighted by atomic mass is 16.6. The van der Waals surface area contributed by atoms with E-state index in [4.69, 9.17) is 10.00 Å². The van der Waals surface area contributed by atoms with Gasteiger partial charge in [-0.1, -0.05) is 25.1 Å². The highest BCUT2D eigenvalue weighted by Crippen LogP contribution is 2.25. The number of aryl methyl sites for hydroxylation is 1. The Bertz CT molecular complexity index is 451. The minimum Gasteiger partial charge on any atom is -0.428 e. The second kappa shape index (κ2) is 4.23. The van der Waals surface area contributed by atoms with Crippen LogP contribution in [0, 0.1) is 11.3 Å². The van der Waals surface area contributed by atoms with Gasteiger partial charge in [0.25, 0.3) is 0 Å². The highest BCUT2D eigenvalue weighted by molar-refractivity contribution is 5.91. The number of cyclic esters (lactones) is 1. The van der Waals surface area contributed by atoms with E-state index in [9.17, 15) is 4.79 Å². The SMILES string of the molecule is CCc1ccccc1N1CC(C#N)OC1=O. The molecule has 4 heteroatoms. The maximum atomic E-state index is 11.6. The zero-order valence-electron chi connectivity index (χ0n) is 9.01. The third-order valence-corrected chi connectivity index (χ3v) is 2.62. The number of hydrogen-bond acceptors (Lipinski definition) is 3. The molecule has 1 atom stereocenters. The summed E-state index contributed by atoms with van der Waals surface area (Å²) in [5, 5.41) is 8.72. The fourth-order valence-corrected chi connectivity index (χ4v) is 1.80. The Morgan fingerprint density at radius 3 is 2.94 bits per heavy atom. The number of nitrogens with zero attached hydrogens (tertiary/aromatic N) is 2. The van der Waals surface area contributed by atoms with Crippen molar-refractivity contribution in [3.63, 3.8) is 0 Å². The smallest absolute Gasteiger partial charge is 0.415 e. The van der Waals surface area contributed by atoms with E-state index >= 15 is 0 Å². The Labute approximate surface area is 94.0 Å². The molecule has 0 spiro atoms. The number of amides is 1. The summed E-state index contributed by atoms with van der Waals surface area (Å²) in [5.41, 5.74) is 1.92. The highest BCUT2D eigenvalue weighted by Gasteiger charge is 2.32. The van der Waals surface area contributed by atoms with Gasteiger partial charge in [0, 0.05) is 0 Å². The van der Waals surface area contributed by atoms with Crippen molar-refractivity contribution < 1.29 is 9.53 Å². The molecule has 2 rings (SSSR count). The van der Waals surface area contributed by atoms with Crippen molar-refractivity contribution in [3.05, 3.63) is 29.8 Å². The molecule has 1 heterocycles. The minimum absolute atomic E-state index is 0.312. The summed E-state index contributed by atoms with van der Waals surface area (Å²) in [6, 6.07) is 9.61. The van der Waals surface area contributed by atoms with Gasteiger partial charge in [-0.3, -0.25) is 4.90 Å². The maximum Gasteiger partial charge on any atom is 0.415 e. The molecule has 16 heavy (non-hydrogen) atoms. The van der Waals surface area contributed by atoms with Gasteiger partial charge in [-0.15, -0.1) is 0 Å². The molecule has 1 amide bonds. The molecule has 82 valence electrons.